The summed E-state index contributed by atoms with van der Waals surface area (Å²) in [6, 6.07) is 15.1. The largest absolute Gasteiger partial charge is 0.353 e. The third-order valence-electron chi connectivity index (χ3n) is 5.93. The van der Waals surface area contributed by atoms with Gasteiger partial charge in [0, 0.05) is 41.2 Å². The van der Waals surface area contributed by atoms with Crippen molar-refractivity contribution >= 4 is 22.5 Å². The molecular formula is C26H31N5O. The van der Waals surface area contributed by atoms with Gasteiger partial charge in [-0.2, -0.15) is 5.10 Å². The second-order valence-electron chi connectivity index (χ2n) is 8.60. The Morgan fingerprint density at radius 1 is 1.19 bits per heavy atom. The smallest absolute Gasteiger partial charge is 0.220 e. The number of nitrogens with one attached hydrogen (secondary N) is 2. The number of hydrogen-bond acceptors (Lipinski definition) is 4. The predicted octanol–water partition coefficient (Wildman–Crippen LogP) is 4.25. The summed E-state index contributed by atoms with van der Waals surface area (Å²) in [5.41, 5.74) is 13.0. The van der Waals surface area contributed by atoms with Crippen molar-refractivity contribution in [3.8, 4) is 0 Å². The minimum Gasteiger partial charge on any atom is -0.353 e. The molecule has 1 amide bonds. The van der Waals surface area contributed by atoms with Crippen LogP contribution < -0.4 is 11.1 Å². The number of allylic oxidation sites excluding steroid dienone is 1. The minimum atomic E-state index is 0.164. The van der Waals surface area contributed by atoms with E-state index in [-0.39, 0.29) is 5.91 Å². The number of nitrogens with two attached hydrogens (primary N) is 1. The second-order valence-corrected chi connectivity index (χ2v) is 8.60. The van der Waals surface area contributed by atoms with Gasteiger partial charge >= 0.3 is 0 Å². The first-order valence-electron chi connectivity index (χ1n) is 11.3. The van der Waals surface area contributed by atoms with Crippen LogP contribution in [-0.2, 0) is 11.2 Å². The van der Waals surface area contributed by atoms with Crippen LogP contribution in [0, 0.1) is 0 Å². The lowest BCUT2D eigenvalue weighted by Gasteiger charge is -2.11. The van der Waals surface area contributed by atoms with Gasteiger partial charge in [-0.15, -0.1) is 0 Å². The van der Waals surface area contributed by atoms with Gasteiger partial charge in [-0.05, 0) is 68.9 Å². The van der Waals surface area contributed by atoms with Crippen molar-refractivity contribution in [1.29, 1.82) is 0 Å². The molecule has 3 aromatic rings. The molecule has 32 heavy (non-hydrogen) atoms. The highest BCUT2D eigenvalue weighted by atomic mass is 16.1. The maximum Gasteiger partial charge on any atom is 0.220 e. The van der Waals surface area contributed by atoms with Gasteiger partial charge in [0.2, 0.25) is 5.91 Å². The van der Waals surface area contributed by atoms with Crippen LogP contribution in [0.1, 0.15) is 56.2 Å². The second kappa shape index (κ2) is 9.92. The van der Waals surface area contributed by atoms with E-state index in [4.69, 9.17) is 10.7 Å². The van der Waals surface area contributed by atoms with Crippen LogP contribution in [-0.4, -0.2) is 34.4 Å². The average Bonchev–Trinajstić information content (AvgIpc) is 3.49. The molecule has 1 heterocycles. The Hall–Kier alpha value is -3.25. The lowest BCUT2D eigenvalue weighted by atomic mass is 9.97. The number of nitrogens with zero attached hydrogens (tertiary/aromatic N) is 2. The maximum atomic E-state index is 12.0. The van der Waals surface area contributed by atoms with Gasteiger partial charge in [0.1, 0.15) is 0 Å². The van der Waals surface area contributed by atoms with Gasteiger partial charge in [-0.25, -0.2) is 0 Å². The van der Waals surface area contributed by atoms with Crippen LogP contribution in [0.5, 0.6) is 0 Å². The van der Waals surface area contributed by atoms with Crippen molar-refractivity contribution in [3.63, 3.8) is 0 Å². The number of fused-ring (bicyclic) bond motifs is 1. The summed E-state index contributed by atoms with van der Waals surface area (Å²) in [6.45, 7) is 4.49. The fourth-order valence-corrected chi connectivity index (χ4v) is 3.65. The van der Waals surface area contributed by atoms with Gasteiger partial charge in [0.25, 0.3) is 0 Å². The average molecular weight is 430 g/mol. The fourth-order valence-electron chi connectivity index (χ4n) is 3.65. The Labute approximate surface area is 189 Å². The normalized spacial score (nSPS) is 15.0. The molecule has 0 spiro atoms. The lowest BCUT2D eigenvalue weighted by Crippen LogP contribution is -2.24. The molecule has 0 saturated heterocycles. The van der Waals surface area contributed by atoms with E-state index < -0.39 is 0 Å². The van der Waals surface area contributed by atoms with Gasteiger partial charge in [-0.3, -0.25) is 14.9 Å². The zero-order valence-corrected chi connectivity index (χ0v) is 18.8. The third kappa shape index (κ3) is 5.51. The van der Waals surface area contributed by atoms with Crippen molar-refractivity contribution in [1.82, 2.24) is 15.5 Å². The summed E-state index contributed by atoms with van der Waals surface area (Å²) in [4.78, 5) is 17.0. The number of aromatic nitrogens is 2. The highest BCUT2D eigenvalue weighted by Crippen LogP contribution is 2.21. The van der Waals surface area contributed by atoms with Crippen LogP contribution in [0.4, 0.5) is 0 Å². The molecule has 0 aliphatic heterocycles. The minimum absolute atomic E-state index is 0.164. The topological polar surface area (TPSA) is 96.2 Å². The number of hydrogen-bond donors (Lipinski definition) is 3. The van der Waals surface area contributed by atoms with Crippen molar-refractivity contribution in [2.24, 2.45) is 10.7 Å². The summed E-state index contributed by atoms with van der Waals surface area (Å²) >= 11 is 0. The number of carbonyl (C=O) groups excluding carboxylic acids is 1. The monoisotopic (exact) mass is 429 g/mol. The Morgan fingerprint density at radius 3 is 2.78 bits per heavy atom. The molecule has 0 bridgehead atoms. The van der Waals surface area contributed by atoms with Crippen LogP contribution in [0.3, 0.4) is 0 Å². The van der Waals surface area contributed by atoms with Crippen LogP contribution in [0.2, 0.25) is 0 Å². The highest BCUT2D eigenvalue weighted by molar-refractivity contribution is 6.14. The molecule has 2 aromatic carbocycles. The predicted molar refractivity (Wildman–Crippen MR) is 130 cm³/mol. The molecule has 166 valence electrons. The van der Waals surface area contributed by atoms with E-state index in [1.807, 2.05) is 26.1 Å². The first kappa shape index (κ1) is 22.0. The number of benzene rings is 2. The first-order chi connectivity index (χ1) is 15.5. The van der Waals surface area contributed by atoms with Crippen LogP contribution >= 0.6 is 0 Å². The van der Waals surface area contributed by atoms with E-state index in [2.05, 4.69) is 51.9 Å². The molecule has 1 aliphatic carbocycles. The molecule has 6 nitrogen and oxygen atoms in total. The molecule has 0 atom stereocenters. The zero-order valence-electron chi connectivity index (χ0n) is 18.8. The molecule has 4 N–H and O–H groups in total. The van der Waals surface area contributed by atoms with E-state index in [9.17, 15) is 4.79 Å². The van der Waals surface area contributed by atoms with Gasteiger partial charge in [0.15, 0.2) is 0 Å². The van der Waals surface area contributed by atoms with Crippen molar-refractivity contribution in [3.05, 3.63) is 76.6 Å². The van der Waals surface area contributed by atoms with E-state index in [1.54, 1.807) is 0 Å². The van der Waals surface area contributed by atoms with E-state index >= 15 is 0 Å². The summed E-state index contributed by atoms with van der Waals surface area (Å²) in [5.74, 6) is 0.164. The fraction of sp³-hybridized carbons (Fsp3) is 0.346. The number of carbonyl (C=O) groups is 1. The molecule has 4 rings (SSSR count). The number of aryl methyl sites for hydroxylation is 1. The van der Waals surface area contributed by atoms with Crippen LogP contribution in [0.15, 0.2) is 64.9 Å². The molecule has 1 saturated carbocycles. The number of aliphatic imine (C=N–C) groups is 1. The Morgan fingerprint density at radius 2 is 2.00 bits per heavy atom. The zero-order chi connectivity index (χ0) is 22.5. The van der Waals surface area contributed by atoms with Crippen molar-refractivity contribution in [2.45, 2.75) is 52.0 Å². The molecular weight excluding hydrogens is 398 g/mol. The molecule has 0 radical (unpaired) electrons. The summed E-state index contributed by atoms with van der Waals surface area (Å²) in [6.07, 6.45) is 6.33. The van der Waals surface area contributed by atoms with Gasteiger partial charge in [0.05, 0.1) is 17.4 Å². The summed E-state index contributed by atoms with van der Waals surface area (Å²) < 4.78 is 0. The van der Waals surface area contributed by atoms with Gasteiger partial charge < -0.3 is 11.1 Å². The molecule has 1 aromatic heterocycles. The number of H-pyrrole nitrogens is 1. The quantitative estimate of drug-likeness (QED) is 0.444. The van der Waals surface area contributed by atoms with Crippen molar-refractivity contribution in [2.75, 3.05) is 6.54 Å². The van der Waals surface area contributed by atoms with Crippen LogP contribution in [0.25, 0.3) is 10.9 Å². The molecule has 0 unspecified atom stereocenters. The summed E-state index contributed by atoms with van der Waals surface area (Å²) in [5, 5.41) is 11.2. The standard InChI is InChI=1S/C26H31N5O/c1-17(15-27)18(2)29-26(21-9-12-24-22(14-21)16-28-31-24)20-7-3-5-19(13-20)6-4-8-25(32)30-23-10-11-23/h3,5,7,9,12-14,16,23H,4,6,8,10-11,15,27H2,1-2H3,(H,28,31)(H,30,32)/b18-17-,29-26?. The van der Waals surface area contributed by atoms with Gasteiger partial charge in [-0.1, -0.05) is 24.3 Å². The number of aromatic amines is 1. The van der Waals surface area contributed by atoms with Crippen molar-refractivity contribution < 1.29 is 4.79 Å². The number of rotatable bonds is 9. The number of amides is 1. The highest BCUT2D eigenvalue weighted by Gasteiger charge is 2.22. The Kier molecular flexibility index (Phi) is 6.81. The van der Waals surface area contributed by atoms with E-state index in [0.717, 1.165) is 64.7 Å². The Bertz CT molecular complexity index is 1170. The van der Waals surface area contributed by atoms with E-state index in [1.165, 1.54) is 5.56 Å². The SMILES string of the molecule is C/C(CN)=C(\C)N=C(c1cccc(CCCC(=O)NC2CC2)c1)c1ccc2[nH]ncc2c1. The molecule has 1 aliphatic rings. The molecule has 6 heteroatoms. The maximum absolute atomic E-state index is 12.0. The molecule has 1 fully saturated rings. The lowest BCUT2D eigenvalue weighted by molar-refractivity contribution is -0.121. The Balaban J connectivity index is 1.59. The van der Waals surface area contributed by atoms with E-state index in [0.29, 0.717) is 19.0 Å². The first-order valence-corrected chi connectivity index (χ1v) is 11.3. The summed E-state index contributed by atoms with van der Waals surface area (Å²) in [7, 11) is 0. The third-order valence-corrected chi connectivity index (χ3v) is 5.93.